The van der Waals surface area contributed by atoms with E-state index in [1.807, 2.05) is 24.3 Å². The predicted octanol–water partition coefficient (Wildman–Crippen LogP) is 8.82. The largest absolute Gasteiger partial charge is 0.495 e. The van der Waals surface area contributed by atoms with Crippen molar-refractivity contribution >= 4 is 47.2 Å². The molecule has 7 nitrogen and oxygen atoms in total. The predicted molar refractivity (Wildman–Crippen MR) is 183 cm³/mol. The molecule has 1 aromatic heterocycles. The van der Waals surface area contributed by atoms with E-state index in [-0.39, 0.29) is 0 Å². The minimum absolute atomic E-state index is 0.373. The number of nitrogens with one attached hydrogen (secondary N) is 2. The minimum atomic E-state index is -2.51. The Hall–Kier alpha value is -2.60. The van der Waals surface area contributed by atoms with E-state index in [4.69, 9.17) is 16.3 Å². The molecule has 2 aromatic carbocycles. The van der Waals surface area contributed by atoms with Crippen LogP contribution in [0, 0.1) is 18.8 Å². The summed E-state index contributed by atoms with van der Waals surface area (Å²) in [5.74, 6) is 3.71. The molecule has 0 radical (unpaired) electrons. The molecule has 234 valence electrons. The van der Waals surface area contributed by atoms with Crippen molar-refractivity contribution in [2.24, 2.45) is 11.8 Å². The molecule has 0 saturated carbocycles. The van der Waals surface area contributed by atoms with Gasteiger partial charge in [-0.3, -0.25) is 0 Å². The fourth-order valence-electron chi connectivity index (χ4n) is 6.12. The molecule has 1 fully saturated rings. The molecular formula is C34H49ClN5O2P. The van der Waals surface area contributed by atoms with E-state index in [0.717, 1.165) is 54.5 Å². The standard InChI is InChI=1S/C34H49ClN5O2P/c1-8-23(3)18-25(9-2)22-40-16-14-26(15-17-40)27-20-31(42-5)30(19-24(27)4)38-34-36-21-28(35)33(39-34)37-29-12-10-11-13-32(29)43(6,7)41/h10-13,19-21,23,25-26H,8-9,14-18,22H2,1-7H3,(H2,36,37,38,39). The average molecular weight is 626 g/mol. The minimum Gasteiger partial charge on any atom is -0.495 e. The summed E-state index contributed by atoms with van der Waals surface area (Å²) in [6, 6.07) is 11.8. The van der Waals surface area contributed by atoms with Crippen LogP contribution < -0.4 is 20.7 Å². The number of hydrogen-bond acceptors (Lipinski definition) is 7. The van der Waals surface area contributed by atoms with Gasteiger partial charge in [-0.2, -0.15) is 4.98 Å². The zero-order valence-corrected chi connectivity index (χ0v) is 28.6. The van der Waals surface area contributed by atoms with Gasteiger partial charge in [-0.05, 0) is 106 Å². The van der Waals surface area contributed by atoms with Crippen molar-refractivity contribution < 1.29 is 9.30 Å². The van der Waals surface area contributed by atoms with E-state index < -0.39 is 7.14 Å². The third-order valence-electron chi connectivity index (χ3n) is 8.87. The lowest BCUT2D eigenvalue weighted by atomic mass is 9.85. The van der Waals surface area contributed by atoms with Crippen LogP contribution in [0.15, 0.2) is 42.6 Å². The first-order chi connectivity index (χ1) is 20.5. The van der Waals surface area contributed by atoms with Crippen molar-refractivity contribution in [3.8, 4) is 5.75 Å². The number of hydrogen-bond donors (Lipinski definition) is 2. The summed E-state index contributed by atoms with van der Waals surface area (Å²) in [4.78, 5) is 11.7. The van der Waals surface area contributed by atoms with Gasteiger partial charge in [0.05, 0.1) is 24.7 Å². The van der Waals surface area contributed by atoms with Crippen LogP contribution in [-0.2, 0) is 4.57 Å². The van der Waals surface area contributed by atoms with Crippen LogP contribution in [-0.4, -0.2) is 54.9 Å². The molecular weight excluding hydrogens is 577 g/mol. The molecule has 2 unspecified atom stereocenters. The molecule has 4 rings (SSSR count). The van der Waals surface area contributed by atoms with Gasteiger partial charge in [0, 0.05) is 11.8 Å². The highest BCUT2D eigenvalue weighted by molar-refractivity contribution is 7.70. The number of anilines is 4. The molecule has 0 aliphatic carbocycles. The van der Waals surface area contributed by atoms with Crippen LogP contribution in [0.25, 0.3) is 0 Å². The zero-order chi connectivity index (χ0) is 31.1. The van der Waals surface area contributed by atoms with E-state index in [1.165, 1.54) is 36.9 Å². The molecule has 2 heterocycles. The molecule has 1 saturated heterocycles. The van der Waals surface area contributed by atoms with Crippen LogP contribution in [0.5, 0.6) is 5.75 Å². The van der Waals surface area contributed by atoms with E-state index in [9.17, 15) is 4.57 Å². The van der Waals surface area contributed by atoms with Crippen LogP contribution in [0.3, 0.4) is 0 Å². The highest BCUT2D eigenvalue weighted by Crippen LogP contribution is 2.40. The Morgan fingerprint density at radius 2 is 1.81 bits per heavy atom. The molecule has 0 spiro atoms. The van der Waals surface area contributed by atoms with Crippen LogP contribution >= 0.6 is 18.7 Å². The van der Waals surface area contributed by atoms with Crippen molar-refractivity contribution in [2.45, 2.75) is 65.7 Å². The van der Waals surface area contributed by atoms with Crippen molar-refractivity contribution in [3.63, 3.8) is 0 Å². The van der Waals surface area contributed by atoms with Gasteiger partial charge < -0.3 is 24.8 Å². The first-order valence-electron chi connectivity index (χ1n) is 15.6. The Morgan fingerprint density at radius 1 is 1.09 bits per heavy atom. The number of ether oxygens (including phenoxy) is 1. The number of aromatic nitrogens is 2. The van der Waals surface area contributed by atoms with Gasteiger partial charge >= 0.3 is 0 Å². The van der Waals surface area contributed by atoms with Crippen molar-refractivity contribution in [3.05, 3.63) is 58.7 Å². The third kappa shape index (κ3) is 8.74. The number of rotatable bonds is 13. The lowest BCUT2D eigenvalue weighted by molar-refractivity contribution is 0.168. The van der Waals surface area contributed by atoms with Gasteiger partial charge in [0.1, 0.15) is 17.9 Å². The molecule has 2 atom stereocenters. The molecule has 3 aromatic rings. The van der Waals surface area contributed by atoms with Crippen LogP contribution in [0.2, 0.25) is 5.02 Å². The van der Waals surface area contributed by atoms with Gasteiger partial charge in [-0.25, -0.2) is 4.98 Å². The monoisotopic (exact) mass is 625 g/mol. The smallest absolute Gasteiger partial charge is 0.229 e. The second-order valence-corrected chi connectivity index (χ2v) is 16.1. The summed E-state index contributed by atoms with van der Waals surface area (Å²) in [7, 11) is -0.810. The maximum atomic E-state index is 12.8. The summed E-state index contributed by atoms with van der Waals surface area (Å²) in [6.45, 7) is 16.2. The molecule has 0 bridgehead atoms. The van der Waals surface area contributed by atoms with Gasteiger partial charge in [0.25, 0.3) is 0 Å². The van der Waals surface area contributed by atoms with Gasteiger partial charge in [-0.1, -0.05) is 57.3 Å². The number of piperidine rings is 1. The Morgan fingerprint density at radius 3 is 2.47 bits per heavy atom. The van der Waals surface area contributed by atoms with Gasteiger partial charge in [0.2, 0.25) is 5.95 Å². The Kier molecular flexibility index (Phi) is 11.6. The fourth-order valence-corrected chi connectivity index (χ4v) is 7.41. The summed E-state index contributed by atoms with van der Waals surface area (Å²) < 4.78 is 18.7. The van der Waals surface area contributed by atoms with Crippen LogP contribution in [0.4, 0.5) is 23.1 Å². The maximum Gasteiger partial charge on any atom is 0.229 e. The van der Waals surface area contributed by atoms with Crippen molar-refractivity contribution in [1.29, 1.82) is 0 Å². The number of benzene rings is 2. The third-order valence-corrected chi connectivity index (χ3v) is 10.7. The molecule has 43 heavy (non-hydrogen) atoms. The lowest BCUT2D eigenvalue weighted by Crippen LogP contribution is -2.37. The molecule has 2 N–H and O–H groups in total. The highest BCUT2D eigenvalue weighted by atomic mass is 35.5. The quantitative estimate of drug-likeness (QED) is 0.184. The van der Waals surface area contributed by atoms with Gasteiger partial charge in [0.15, 0.2) is 5.82 Å². The van der Waals surface area contributed by atoms with Crippen molar-refractivity contribution in [1.82, 2.24) is 14.9 Å². The molecule has 9 heteroatoms. The second-order valence-electron chi connectivity index (χ2n) is 12.5. The number of likely N-dealkylation sites (tertiary alicyclic amines) is 1. The number of halogens is 1. The summed E-state index contributed by atoms with van der Waals surface area (Å²) in [6.07, 6.45) is 7.75. The molecule has 1 aliphatic heterocycles. The summed E-state index contributed by atoms with van der Waals surface area (Å²) in [5.41, 5.74) is 4.10. The fraction of sp³-hybridized carbons (Fsp3) is 0.529. The SMILES string of the molecule is CCC(C)CC(CC)CN1CCC(c2cc(OC)c(Nc3ncc(Cl)c(Nc4ccccc4P(C)(C)=O)n3)cc2C)CC1. The number of methoxy groups -OCH3 is 1. The topological polar surface area (TPSA) is 79.4 Å². The number of nitrogens with zero attached hydrogens (tertiary/aromatic N) is 3. The summed E-state index contributed by atoms with van der Waals surface area (Å²) in [5, 5.41) is 7.72. The molecule has 0 amide bonds. The first kappa shape index (κ1) is 33.3. The maximum absolute atomic E-state index is 12.8. The van der Waals surface area contributed by atoms with E-state index in [1.54, 1.807) is 26.6 Å². The second kappa shape index (κ2) is 14.9. The Balaban J connectivity index is 1.47. The first-order valence-corrected chi connectivity index (χ1v) is 18.6. The van der Waals surface area contributed by atoms with E-state index >= 15 is 0 Å². The number of aryl methyl sites for hydroxylation is 1. The van der Waals surface area contributed by atoms with Crippen molar-refractivity contribution in [2.75, 3.05) is 50.7 Å². The zero-order valence-electron chi connectivity index (χ0n) is 26.9. The van der Waals surface area contributed by atoms with Crippen LogP contribution in [0.1, 0.15) is 69.9 Å². The molecule has 1 aliphatic rings. The number of para-hydroxylation sites is 1. The Labute approximate surface area is 263 Å². The van der Waals surface area contributed by atoms with E-state index in [2.05, 4.69) is 65.3 Å². The lowest BCUT2D eigenvalue weighted by Gasteiger charge is -2.35. The summed E-state index contributed by atoms with van der Waals surface area (Å²) >= 11 is 6.47. The Bertz CT molecular complexity index is 1420. The highest BCUT2D eigenvalue weighted by Gasteiger charge is 2.25. The van der Waals surface area contributed by atoms with E-state index in [0.29, 0.717) is 28.4 Å². The average Bonchev–Trinajstić information content (AvgIpc) is 2.98. The normalized spacial score (nSPS) is 16.1. The van der Waals surface area contributed by atoms with Gasteiger partial charge in [-0.15, -0.1) is 0 Å².